The van der Waals surface area contributed by atoms with Crippen LogP contribution in [-0.2, 0) is 11.8 Å². The van der Waals surface area contributed by atoms with E-state index in [1.807, 2.05) is 6.07 Å². The zero-order valence-electron chi connectivity index (χ0n) is 8.60. The average molecular weight is 302 g/mol. The van der Waals surface area contributed by atoms with Crippen LogP contribution >= 0.6 is 22.6 Å². The van der Waals surface area contributed by atoms with Crippen LogP contribution in [0.15, 0.2) is 12.1 Å². The molecule has 0 saturated heterocycles. The summed E-state index contributed by atoms with van der Waals surface area (Å²) < 4.78 is 1.05. The van der Waals surface area contributed by atoms with Gasteiger partial charge < -0.3 is 5.11 Å². The first-order valence-electron chi connectivity index (χ1n) is 5.03. The molecule has 1 N–H and O–H groups in total. The molecule has 2 heteroatoms. The number of benzene rings is 1. The van der Waals surface area contributed by atoms with Crippen molar-refractivity contribution in [2.75, 3.05) is 0 Å². The molecule has 1 aromatic carbocycles. The van der Waals surface area contributed by atoms with E-state index in [1.165, 1.54) is 24.0 Å². The van der Waals surface area contributed by atoms with Gasteiger partial charge in [-0.15, -0.1) is 0 Å². The van der Waals surface area contributed by atoms with E-state index in [4.69, 9.17) is 0 Å². The number of hydrogen-bond acceptors (Lipinski definition) is 1. The van der Waals surface area contributed by atoms with Crippen LogP contribution in [0.25, 0.3) is 0 Å². The topological polar surface area (TPSA) is 20.2 Å². The van der Waals surface area contributed by atoms with Gasteiger partial charge in [0.1, 0.15) is 5.75 Å². The Bertz CT molecular complexity index is 369. The van der Waals surface area contributed by atoms with E-state index in [9.17, 15) is 5.11 Å². The molecular formula is C12H15IO. The number of halogens is 1. The Kier molecular flexibility index (Phi) is 2.50. The molecule has 0 saturated carbocycles. The lowest BCUT2D eigenvalue weighted by Gasteiger charge is -2.33. The summed E-state index contributed by atoms with van der Waals surface area (Å²) in [5, 5.41) is 9.64. The first-order chi connectivity index (χ1) is 6.52. The normalized spacial score (nSPS) is 19.1. The predicted molar refractivity (Wildman–Crippen MR) is 66.8 cm³/mol. The summed E-state index contributed by atoms with van der Waals surface area (Å²) in [7, 11) is 0. The highest BCUT2D eigenvalue weighted by Crippen LogP contribution is 2.40. The molecule has 1 aliphatic rings. The maximum atomic E-state index is 9.64. The summed E-state index contributed by atoms with van der Waals surface area (Å²) in [5.41, 5.74) is 3.06. The van der Waals surface area contributed by atoms with Crippen molar-refractivity contribution in [1.29, 1.82) is 0 Å². The second kappa shape index (κ2) is 3.40. The molecule has 0 unspecified atom stereocenters. The molecule has 14 heavy (non-hydrogen) atoms. The SMILES string of the molecule is CC1(C)CCCc2c1ccc(O)c2I. The van der Waals surface area contributed by atoms with Crippen LogP contribution in [0.1, 0.15) is 37.8 Å². The zero-order valence-corrected chi connectivity index (χ0v) is 10.8. The molecule has 2 rings (SSSR count). The fourth-order valence-electron chi connectivity index (χ4n) is 2.33. The summed E-state index contributed by atoms with van der Waals surface area (Å²) in [4.78, 5) is 0. The molecule has 1 nitrogen and oxygen atoms in total. The van der Waals surface area contributed by atoms with Gasteiger partial charge in [-0.25, -0.2) is 0 Å². The molecule has 0 fully saturated rings. The highest BCUT2D eigenvalue weighted by molar-refractivity contribution is 14.1. The van der Waals surface area contributed by atoms with Crippen LogP contribution in [0.3, 0.4) is 0 Å². The van der Waals surface area contributed by atoms with Gasteiger partial charge in [0, 0.05) is 0 Å². The van der Waals surface area contributed by atoms with Crippen LogP contribution in [0.2, 0.25) is 0 Å². The first-order valence-corrected chi connectivity index (χ1v) is 6.11. The number of rotatable bonds is 0. The molecule has 0 atom stereocenters. The molecule has 1 aliphatic carbocycles. The number of aromatic hydroxyl groups is 1. The Labute approximate surface area is 98.7 Å². The number of phenols is 1. The van der Waals surface area contributed by atoms with Crippen molar-refractivity contribution in [1.82, 2.24) is 0 Å². The van der Waals surface area contributed by atoms with Gasteiger partial charge >= 0.3 is 0 Å². The first kappa shape index (κ1) is 10.3. The minimum absolute atomic E-state index is 0.279. The highest BCUT2D eigenvalue weighted by atomic mass is 127. The standard InChI is InChI=1S/C12H15IO/c1-12(2)7-3-4-8-9(12)5-6-10(14)11(8)13/h5-6,14H,3-4,7H2,1-2H3. The van der Waals surface area contributed by atoms with Crippen molar-refractivity contribution in [2.45, 2.75) is 38.5 Å². The molecule has 0 heterocycles. The van der Waals surface area contributed by atoms with Gasteiger partial charge in [-0.3, -0.25) is 0 Å². The van der Waals surface area contributed by atoms with E-state index in [1.54, 1.807) is 0 Å². The van der Waals surface area contributed by atoms with Gasteiger partial charge in [-0.2, -0.15) is 0 Å². The van der Waals surface area contributed by atoms with E-state index in [0.717, 1.165) is 9.99 Å². The minimum Gasteiger partial charge on any atom is -0.507 e. The summed E-state index contributed by atoms with van der Waals surface area (Å²) in [6.45, 7) is 4.58. The van der Waals surface area contributed by atoms with Crippen LogP contribution in [0.4, 0.5) is 0 Å². The molecular weight excluding hydrogens is 287 g/mol. The molecule has 0 bridgehead atoms. The van der Waals surface area contributed by atoms with Crippen LogP contribution < -0.4 is 0 Å². The van der Waals surface area contributed by atoms with Crippen LogP contribution in [-0.4, -0.2) is 5.11 Å². The number of hydrogen-bond donors (Lipinski definition) is 1. The van der Waals surface area contributed by atoms with Gasteiger partial charge in [0.2, 0.25) is 0 Å². The van der Waals surface area contributed by atoms with Gasteiger partial charge in [0.25, 0.3) is 0 Å². The second-order valence-electron chi connectivity index (χ2n) is 4.66. The summed E-state index contributed by atoms with van der Waals surface area (Å²) in [5.74, 6) is 0.432. The zero-order chi connectivity index (χ0) is 10.3. The Morgan fingerprint density at radius 1 is 1.36 bits per heavy atom. The Balaban J connectivity index is 2.62. The van der Waals surface area contributed by atoms with Crippen LogP contribution in [0, 0.1) is 3.57 Å². The molecule has 0 aliphatic heterocycles. The summed E-state index contributed by atoms with van der Waals surface area (Å²) in [6, 6.07) is 3.92. The van der Waals surface area contributed by atoms with Gasteiger partial charge in [-0.1, -0.05) is 19.9 Å². The number of phenolic OH excluding ortho intramolecular Hbond substituents is 1. The maximum absolute atomic E-state index is 9.64. The molecule has 0 amide bonds. The Morgan fingerprint density at radius 2 is 2.07 bits per heavy atom. The fraction of sp³-hybridized carbons (Fsp3) is 0.500. The Hall–Kier alpha value is -0.250. The lowest BCUT2D eigenvalue weighted by Crippen LogP contribution is -2.24. The third-order valence-electron chi connectivity index (χ3n) is 3.18. The van der Waals surface area contributed by atoms with Crippen molar-refractivity contribution in [3.05, 3.63) is 26.8 Å². The molecule has 1 aromatic rings. The molecule has 0 radical (unpaired) electrons. The largest absolute Gasteiger partial charge is 0.507 e. The monoisotopic (exact) mass is 302 g/mol. The lowest BCUT2D eigenvalue weighted by atomic mass is 9.73. The number of fused-ring (bicyclic) bond motifs is 1. The smallest absolute Gasteiger partial charge is 0.129 e. The second-order valence-corrected chi connectivity index (χ2v) is 5.74. The van der Waals surface area contributed by atoms with Crippen LogP contribution in [0.5, 0.6) is 5.75 Å². The van der Waals surface area contributed by atoms with E-state index in [-0.39, 0.29) is 5.41 Å². The third-order valence-corrected chi connectivity index (χ3v) is 4.38. The van der Waals surface area contributed by atoms with E-state index in [0.29, 0.717) is 5.75 Å². The van der Waals surface area contributed by atoms with Crippen molar-refractivity contribution < 1.29 is 5.11 Å². The van der Waals surface area contributed by atoms with Crippen molar-refractivity contribution in [2.24, 2.45) is 0 Å². The van der Waals surface area contributed by atoms with E-state index < -0.39 is 0 Å². The Morgan fingerprint density at radius 3 is 2.79 bits per heavy atom. The maximum Gasteiger partial charge on any atom is 0.129 e. The lowest BCUT2D eigenvalue weighted by molar-refractivity contribution is 0.424. The van der Waals surface area contributed by atoms with E-state index in [2.05, 4.69) is 42.5 Å². The molecule has 76 valence electrons. The summed E-state index contributed by atoms with van der Waals surface area (Å²) in [6.07, 6.45) is 3.60. The van der Waals surface area contributed by atoms with Gasteiger partial charge in [0.15, 0.2) is 0 Å². The molecule has 0 aromatic heterocycles. The summed E-state index contributed by atoms with van der Waals surface area (Å²) >= 11 is 2.25. The fourth-order valence-corrected chi connectivity index (χ4v) is 3.07. The molecule has 0 spiro atoms. The van der Waals surface area contributed by atoms with Crippen molar-refractivity contribution in [3.63, 3.8) is 0 Å². The van der Waals surface area contributed by atoms with Crippen molar-refractivity contribution in [3.8, 4) is 5.75 Å². The predicted octanol–water partition coefficient (Wildman–Crippen LogP) is 3.61. The van der Waals surface area contributed by atoms with E-state index >= 15 is 0 Å². The van der Waals surface area contributed by atoms with Gasteiger partial charge in [-0.05, 0) is 64.5 Å². The highest BCUT2D eigenvalue weighted by Gasteiger charge is 2.28. The van der Waals surface area contributed by atoms with Gasteiger partial charge in [0.05, 0.1) is 3.57 Å². The minimum atomic E-state index is 0.279. The van der Waals surface area contributed by atoms with Crippen molar-refractivity contribution >= 4 is 22.6 Å². The third kappa shape index (κ3) is 1.53. The quantitative estimate of drug-likeness (QED) is 0.726. The average Bonchev–Trinajstić information content (AvgIpc) is 2.11.